The number of hydrazine groups is 1. The van der Waals surface area contributed by atoms with Gasteiger partial charge < -0.3 is 16.0 Å². The highest BCUT2D eigenvalue weighted by atomic mass is 32.1. The monoisotopic (exact) mass is 488 g/mol. The number of thiophene rings is 1. The third kappa shape index (κ3) is 6.43. The lowest BCUT2D eigenvalue weighted by Gasteiger charge is -2.09. The molecule has 3 aromatic rings. The molecule has 0 saturated heterocycles. The Kier molecular flexibility index (Phi) is 8.42. The van der Waals surface area contributed by atoms with Gasteiger partial charge in [0.05, 0.1) is 0 Å². The molecule has 5 N–H and O–H groups in total. The summed E-state index contributed by atoms with van der Waals surface area (Å²) in [5.74, 6) is 14.0. The number of benzene rings is 2. The normalized spacial score (nSPS) is 13.7. The Balaban J connectivity index is 0.00000103. The topological polar surface area (TPSA) is 85.7 Å². The summed E-state index contributed by atoms with van der Waals surface area (Å²) in [7, 11) is 0. The highest BCUT2D eigenvalue weighted by Crippen LogP contribution is 2.52. The fourth-order valence-corrected chi connectivity index (χ4v) is 4.73. The highest BCUT2D eigenvalue weighted by molar-refractivity contribution is 7.19. The predicted octanol–water partition coefficient (Wildman–Crippen LogP) is 5.68. The number of nitrogens with two attached hydrogens (primary N) is 2. The molecule has 1 aromatic heterocycles. The molecule has 4 rings (SSSR count). The molecule has 0 unspecified atom stereocenters. The molecule has 0 spiro atoms. The van der Waals surface area contributed by atoms with Crippen molar-refractivity contribution in [1.82, 2.24) is 5.43 Å². The summed E-state index contributed by atoms with van der Waals surface area (Å²) in [6.07, 6.45) is 3.25. The number of hydrogen-bond donors (Lipinski definition) is 3. The van der Waals surface area contributed by atoms with Crippen LogP contribution in [0.2, 0.25) is 0 Å². The highest BCUT2D eigenvalue weighted by Gasteiger charge is 2.41. The number of ether oxygens (including phenoxy) is 1. The maximum absolute atomic E-state index is 13.5. The van der Waals surface area contributed by atoms with Crippen LogP contribution in [0.1, 0.15) is 53.7 Å². The van der Waals surface area contributed by atoms with E-state index in [9.17, 15) is 13.2 Å². The molecule has 180 valence electrons. The number of hydrazone groups is 1. The van der Waals surface area contributed by atoms with Crippen LogP contribution in [0.15, 0.2) is 47.6 Å². The maximum atomic E-state index is 13.5. The summed E-state index contributed by atoms with van der Waals surface area (Å²) in [6, 6.07) is 13.1. The molecule has 1 fully saturated rings. The van der Waals surface area contributed by atoms with Crippen LogP contribution in [-0.2, 0) is 19.2 Å². The lowest BCUT2D eigenvalue weighted by Crippen LogP contribution is -2.31. The van der Waals surface area contributed by atoms with Crippen LogP contribution in [-0.4, -0.2) is 5.84 Å². The zero-order chi connectivity index (χ0) is 24.7. The number of aryl methyl sites for hydroxylation is 1. The molecule has 0 aliphatic heterocycles. The number of nitrogens with one attached hydrogen (secondary N) is 1. The minimum absolute atomic E-state index is 0.0217. The number of alkyl halides is 3. The molecule has 1 aliphatic carbocycles. The standard InChI is InChI=1S/C22H23F3N4OS.C3H4/c23-22(24,25)21-20(15-5-6-15)17-11-14(3-9-18(17)31-21)12-30-16-7-1-13(2-8-16)4-10-19(28-26)29-27;1-3-2/h1-3,7-9,11,15H,4-6,10,12,26-27H2,(H,28,29);1H,2H3. The van der Waals surface area contributed by atoms with Crippen molar-refractivity contribution in [1.29, 1.82) is 0 Å². The second-order valence-electron chi connectivity index (χ2n) is 7.89. The summed E-state index contributed by atoms with van der Waals surface area (Å²) >= 11 is 0.839. The van der Waals surface area contributed by atoms with Gasteiger partial charge in [0.15, 0.2) is 0 Å². The number of hydrogen-bond acceptors (Lipinski definition) is 5. The van der Waals surface area contributed by atoms with Gasteiger partial charge in [0, 0.05) is 11.1 Å². The largest absolute Gasteiger partial charge is 0.489 e. The van der Waals surface area contributed by atoms with E-state index in [2.05, 4.69) is 22.9 Å². The van der Waals surface area contributed by atoms with Gasteiger partial charge >= 0.3 is 6.18 Å². The van der Waals surface area contributed by atoms with E-state index in [4.69, 9.17) is 16.4 Å². The van der Waals surface area contributed by atoms with Gasteiger partial charge in [0.2, 0.25) is 0 Å². The molecule has 0 radical (unpaired) electrons. The molecule has 1 saturated carbocycles. The average molecular weight is 489 g/mol. The van der Waals surface area contributed by atoms with Crippen molar-refractivity contribution in [3.63, 3.8) is 0 Å². The first kappa shape index (κ1) is 25.4. The first-order valence-corrected chi connectivity index (χ1v) is 11.6. The fraction of sp³-hybridized carbons (Fsp3) is 0.320. The predicted molar refractivity (Wildman–Crippen MR) is 131 cm³/mol. The smallest absolute Gasteiger partial charge is 0.425 e. The summed E-state index contributed by atoms with van der Waals surface area (Å²) in [5, 5.41) is 4.26. The number of nitrogens with zero attached hydrogens (tertiary/aromatic N) is 1. The Morgan fingerprint density at radius 1 is 1.21 bits per heavy atom. The molecule has 0 bridgehead atoms. The molecule has 9 heteroatoms. The first-order valence-electron chi connectivity index (χ1n) is 10.8. The van der Waals surface area contributed by atoms with Gasteiger partial charge in [-0.15, -0.1) is 23.7 Å². The molecule has 5 nitrogen and oxygen atoms in total. The summed E-state index contributed by atoms with van der Waals surface area (Å²) in [4.78, 5) is -0.452. The Morgan fingerprint density at radius 3 is 2.41 bits per heavy atom. The van der Waals surface area contributed by atoms with Gasteiger partial charge in [0.25, 0.3) is 0 Å². The summed E-state index contributed by atoms with van der Waals surface area (Å²) < 4.78 is 47.0. The van der Waals surface area contributed by atoms with Crippen molar-refractivity contribution in [3.8, 4) is 18.1 Å². The van der Waals surface area contributed by atoms with Gasteiger partial charge in [-0.25, -0.2) is 5.84 Å². The van der Waals surface area contributed by atoms with E-state index in [1.165, 1.54) is 0 Å². The van der Waals surface area contributed by atoms with Crippen molar-refractivity contribution in [3.05, 3.63) is 64.0 Å². The van der Waals surface area contributed by atoms with Crippen LogP contribution in [0.4, 0.5) is 13.2 Å². The van der Waals surface area contributed by atoms with E-state index in [1.54, 1.807) is 13.0 Å². The molecule has 0 amide bonds. The minimum Gasteiger partial charge on any atom is -0.489 e. The second-order valence-corrected chi connectivity index (χ2v) is 8.94. The van der Waals surface area contributed by atoms with Gasteiger partial charge in [-0.3, -0.25) is 0 Å². The van der Waals surface area contributed by atoms with E-state index in [0.29, 0.717) is 33.7 Å². The van der Waals surface area contributed by atoms with Gasteiger partial charge in [-0.2, -0.15) is 18.3 Å². The Hall–Kier alpha value is -3.22. The van der Waals surface area contributed by atoms with Crippen molar-refractivity contribution in [2.75, 3.05) is 0 Å². The molecule has 1 heterocycles. The Morgan fingerprint density at radius 2 is 1.85 bits per heavy atom. The van der Waals surface area contributed by atoms with Crippen molar-refractivity contribution < 1.29 is 17.9 Å². The summed E-state index contributed by atoms with van der Waals surface area (Å²) in [5.41, 5.74) is 4.84. The lowest BCUT2D eigenvalue weighted by atomic mass is 10.0. The van der Waals surface area contributed by atoms with Crippen molar-refractivity contribution in [2.45, 2.75) is 51.3 Å². The van der Waals surface area contributed by atoms with Crippen molar-refractivity contribution in [2.24, 2.45) is 16.8 Å². The van der Waals surface area contributed by atoms with Crippen LogP contribution in [0.5, 0.6) is 5.75 Å². The molecule has 2 aromatic carbocycles. The van der Waals surface area contributed by atoms with E-state index in [1.807, 2.05) is 36.4 Å². The maximum Gasteiger partial charge on any atom is 0.425 e. The van der Waals surface area contributed by atoms with Crippen LogP contribution in [0, 0.1) is 12.3 Å². The zero-order valence-corrected chi connectivity index (χ0v) is 19.6. The zero-order valence-electron chi connectivity index (χ0n) is 18.8. The average Bonchev–Trinajstić information content (AvgIpc) is 3.58. The SMILES string of the molecule is C#CC.N/N=C(/CCc1ccc(OCc2ccc3sc(C(F)(F)F)c(C4CC4)c3c2)cc1)NN. The van der Waals surface area contributed by atoms with Gasteiger partial charge in [0.1, 0.15) is 23.1 Å². The number of halogens is 3. The third-order valence-corrected chi connectivity index (χ3v) is 6.57. The Bertz CT molecular complexity index is 1180. The number of fused-ring (bicyclic) bond motifs is 1. The van der Waals surface area contributed by atoms with Crippen LogP contribution >= 0.6 is 11.3 Å². The lowest BCUT2D eigenvalue weighted by molar-refractivity contribution is -0.134. The minimum atomic E-state index is -4.31. The quantitative estimate of drug-likeness (QED) is 0.131. The van der Waals surface area contributed by atoms with E-state index < -0.39 is 11.1 Å². The number of amidine groups is 1. The molecule has 0 atom stereocenters. The van der Waals surface area contributed by atoms with Crippen LogP contribution in [0.25, 0.3) is 10.1 Å². The first-order chi connectivity index (χ1) is 16.3. The van der Waals surface area contributed by atoms with E-state index >= 15 is 0 Å². The van der Waals surface area contributed by atoms with E-state index in [0.717, 1.165) is 41.7 Å². The number of rotatable bonds is 7. The molecule has 1 aliphatic rings. The number of terminal acetylenes is 1. The third-order valence-electron chi connectivity index (χ3n) is 5.34. The molecule has 34 heavy (non-hydrogen) atoms. The summed E-state index contributed by atoms with van der Waals surface area (Å²) in [6.45, 7) is 1.94. The fourth-order valence-electron chi connectivity index (χ4n) is 3.60. The van der Waals surface area contributed by atoms with Gasteiger partial charge in [-0.1, -0.05) is 18.2 Å². The van der Waals surface area contributed by atoms with Crippen molar-refractivity contribution >= 4 is 27.3 Å². The Labute approximate surface area is 200 Å². The van der Waals surface area contributed by atoms with Crippen LogP contribution in [0.3, 0.4) is 0 Å². The van der Waals surface area contributed by atoms with E-state index in [-0.39, 0.29) is 12.5 Å². The second kappa shape index (κ2) is 11.3. The van der Waals surface area contributed by atoms with Gasteiger partial charge in [-0.05, 0) is 78.4 Å². The molecular weight excluding hydrogens is 461 g/mol. The molecular formula is C25H27F3N4OS. The van der Waals surface area contributed by atoms with Crippen LogP contribution < -0.4 is 21.8 Å².